The number of hydrogen-bond acceptors (Lipinski definition) is 5. The molecule has 1 amide bonds. The van der Waals surface area contributed by atoms with Crippen LogP contribution in [0.5, 0.6) is 0 Å². The van der Waals surface area contributed by atoms with Gasteiger partial charge in [-0.15, -0.1) is 11.3 Å². The highest BCUT2D eigenvalue weighted by Crippen LogP contribution is 2.33. The molecule has 2 aliphatic rings. The summed E-state index contributed by atoms with van der Waals surface area (Å²) in [7, 11) is 2.15. The van der Waals surface area contributed by atoms with Crippen molar-refractivity contribution in [2.45, 2.75) is 19.0 Å². The Morgan fingerprint density at radius 2 is 2.00 bits per heavy atom. The van der Waals surface area contributed by atoms with E-state index in [0.717, 1.165) is 57.1 Å². The number of likely N-dealkylation sites (N-methyl/N-ethyl adjacent to an activating group) is 1. The SMILES string of the molecule is CN1CCOCC2(CCCN(C(=O)c3cccs3)C2)C1.O=C(O)C(F)(F)F. The fourth-order valence-electron chi connectivity index (χ4n) is 3.39. The molecule has 1 aromatic rings. The lowest BCUT2D eigenvalue weighted by Crippen LogP contribution is -2.51. The van der Waals surface area contributed by atoms with Crippen LogP contribution in [0.3, 0.4) is 0 Å². The number of rotatable bonds is 1. The van der Waals surface area contributed by atoms with Gasteiger partial charge in [-0.1, -0.05) is 6.07 Å². The van der Waals surface area contributed by atoms with Crippen LogP contribution in [0.1, 0.15) is 22.5 Å². The van der Waals surface area contributed by atoms with Gasteiger partial charge in [0.2, 0.25) is 0 Å². The van der Waals surface area contributed by atoms with Crippen molar-refractivity contribution >= 4 is 23.2 Å². The Labute approximate surface area is 159 Å². The average Bonchev–Trinajstić information content (AvgIpc) is 3.06. The molecule has 1 aromatic heterocycles. The number of halogens is 3. The average molecular weight is 408 g/mol. The summed E-state index contributed by atoms with van der Waals surface area (Å²) in [6.45, 7) is 5.31. The lowest BCUT2D eigenvalue weighted by Gasteiger charge is -2.43. The van der Waals surface area contributed by atoms with Gasteiger partial charge < -0.3 is 19.6 Å². The quantitative estimate of drug-likeness (QED) is 0.774. The first-order chi connectivity index (χ1) is 12.6. The summed E-state index contributed by atoms with van der Waals surface area (Å²) in [4.78, 5) is 26.6. The Hall–Kier alpha value is -1.65. The van der Waals surface area contributed by atoms with Crippen molar-refractivity contribution in [2.75, 3.05) is 46.4 Å². The predicted molar refractivity (Wildman–Crippen MR) is 93.9 cm³/mol. The molecule has 2 aliphatic heterocycles. The molecule has 6 nitrogen and oxygen atoms in total. The number of nitrogens with zero attached hydrogens (tertiary/aromatic N) is 2. The minimum Gasteiger partial charge on any atom is -0.475 e. The molecule has 10 heteroatoms. The van der Waals surface area contributed by atoms with Gasteiger partial charge in [0, 0.05) is 31.6 Å². The van der Waals surface area contributed by atoms with Gasteiger partial charge in [0.25, 0.3) is 5.91 Å². The van der Waals surface area contributed by atoms with E-state index < -0.39 is 12.1 Å². The first-order valence-electron chi connectivity index (χ1n) is 8.52. The van der Waals surface area contributed by atoms with Crippen molar-refractivity contribution in [1.82, 2.24) is 9.80 Å². The van der Waals surface area contributed by atoms with Crippen LogP contribution in [0.25, 0.3) is 0 Å². The zero-order valence-corrected chi connectivity index (χ0v) is 15.8. The fraction of sp³-hybridized carbons (Fsp3) is 0.647. The van der Waals surface area contributed by atoms with E-state index in [1.54, 1.807) is 0 Å². The molecule has 0 aliphatic carbocycles. The van der Waals surface area contributed by atoms with Crippen LogP contribution in [-0.4, -0.2) is 79.4 Å². The van der Waals surface area contributed by atoms with Crippen LogP contribution in [-0.2, 0) is 9.53 Å². The Morgan fingerprint density at radius 1 is 1.30 bits per heavy atom. The third-order valence-electron chi connectivity index (χ3n) is 4.55. The third kappa shape index (κ3) is 6.18. The second-order valence-corrected chi connectivity index (χ2v) is 7.85. The van der Waals surface area contributed by atoms with Crippen molar-refractivity contribution in [2.24, 2.45) is 5.41 Å². The van der Waals surface area contributed by atoms with Gasteiger partial charge in [0.1, 0.15) is 0 Å². The van der Waals surface area contributed by atoms with Crippen molar-refractivity contribution in [3.8, 4) is 0 Å². The normalized spacial score (nSPS) is 24.1. The highest BCUT2D eigenvalue weighted by molar-refractivity contribution is 7.12. The zero-order valence-electron chi connectivity index (χ0n) is 15.0. The number of carboxylic acid groups (broad SMARTS) is 1. The number of alkyl halides is 3. The van der Waals surface area contributed by atoms with Crippen LogP contribution in [0.15, 0.2) is 17.5 Å². The molecule has 1 spiro atoms. The molecule has 1 unspecified atom stereocenters. The fourth-order valence-corrected chi connectivity index (χ4v) is 4.08. The molecule has 3 rings (SSSR count). The standard InChI is InChI=1S/C15H22N2O2S.C2HF3O2/c1-16-7-8-19-12-15(10-16)5-3-6-17(11-15)14(18)13-4-2-9-20-13;3-2(4,5)1(6)7/h2,4,9H,3,5-8,10-12H2,1H3;(H,6,7). The Balaban J connectivity index is 0.000000321. The first-order valence-corrected chi connectivity index (χ1v) is 9.40. The van der Waals surface area contributed by atoms with E-state index in [1.165, 1.54) is 11.3 Å². The van der Waals surface area contributed by atoms with E-state index in [9.17, 15) is 18.0 Å². The minimum absolute atomic E-state index is 0.121. The van der Waals surface area contributed by atoms with Crippen LogP contribution in [0, 0.1) is 5.41 Å². The second kappa shape index (κ2) is 9.03. The molecule has 0 bridgehead atoms. The number of carbonyl (C=O) groups excluding carboxylic acids is 1. The number of aliphatic carboxylic acids is 1. The van der Waals surface area contributed by atoms with E-state index in [4.69, 9.17) is 14.6 Å². The lowest BCUT2D eigenvalue weighted by molar-refractivity contribution is -0.192. The number of thiophene rings is 1. The summed E-state index contributed by atoms with van der Waals surface area (Å²) >= 11 is 1.53. The molecule has 0 saturated carbocycles. The van der Waals surface area contributed by atoms with Crippen LogP contribution < -0.4 is 0 Å². The van der Waals surface area contributed by atoms with Crippen LogP contribution in [0.2, 0.25) is 0 Å². The molecular weight excluding hydrogens is 385 g/mol. The number of hydrogen-bond donors (Lipinski definition) is 1. The maximum atomic E-state index is 12.5. The molecule has 1 N–H and O–H groups in total. The summed E-state index contributed by atoms with van der Waals surface area (Å²) in [5.41, 5.74) is 0.121. The molecule has 0 radical (unpaired) electrons. The van der Waals surface area contributed by atoms with E-state index in [-0.39, 0.29) is 11.3 Å². The van der Waals surface area contributed by atoms with Gasteiger partial charge >= 0.3 is 12.1 Å². The lowest BCUT2D eigenvalue weighted by atomic mass is 9.80. The summed E-state index contributed by atoms with van der Waals surface area (Å²) in [6, 6.07) is 3.87. The Kier molecular flexibility index (Phi) is 7.24. The molecule has 27 heavy (non-hydrogen) atoms. The number of ether oxygens (including phenoxy) is 1. The Morgan fingerprint density at radius 3 is 2.59 bits per heavy atom. The van der Waals surface area contributed by atoms with Gasteiger partial charge in [0.15, 0.2) is 0 Å². The van der Waals surface area contributed by atoms with Gasteiger partial charge in [0.05, 0.1) is 18.1 Å². The number of piperidine rings is 1. The minimum atomic E-state index is -5.08. The van der Waals surface area contributed by atoms with E-state index >= 15 is 0 Å². The van der Waals surface area contributed by atoms with Gasteiger partial charge in [-0.3, -0.25) is 4.79 Å². The van der Waals surface area contributed by atoms with E-state index in [1.807, 2.05) is 22.4 Å². The molecule has 3 heterocycles. The van der Waals surface area contributed by atoms with Crippen molar-refractivity contribution in [1.29, 1.82) is 0 Å². The van der Waals surface area contributed by atoms with E-state index in [0.29, 0.717) is 0 Å². The van der Waals surface area contributed by atoms with Crippen molar-refractivity contribution < 1.29 is 32.6 Å². The molecule has 0 aromatic carbocycles. The van der Waals surface area contributed by atoms with E-state index in [2.05, 4.69) is 11.9 Å². The van der Waals surface area contributed by atoms with Gasteiger partial charge in [-0.05, 0) is 31.3 Å². The smallest absolute Gasteiger partial charge is 0.475 e. The second-order valence-electron chi connectivity index (χ2n) is 6.90. The highest BCUT2D eigenvalue weighted by atomic mass is 32.1. The molecular formula is C17H23F3N2O4S. The highest BCUT2D eigenvalue weighted by Gasteiger charge is 2.40. The summed E-state index contributed by atoms with van der Waals surface area (Å²) in [6.07, 6.45) is -2.85. The largest absolute Gasteiger partial charge is 0.490 e. The predicted octanol–water partition coefficient (Wildman–Crippen LogP) is 2.57. The van der Waals surface area contributed by atoms with Gasteiger partial charge in [-0.25, -0.2) is 4.79 Å². The molecule has 152 valence electrons. The number of carbonyl (C=O) groups is 2. The Bertz CT molecular complexity index is 639. The van der Waals surface area contributed by atoms with Crippen LogP contribution >= 0.6 is 11.3 Å². The zero-order chi connectivity index (χ0) is 20.1. The molecule has 2 saturated heterocycles. The number of carboxylic acids is 1. The van der Waals surface area contributed by atoms with Gasteiger partial charge in [-0.2, -0.15) is 13.2 Å². The monoisotopic (exact) mass is 408 g/mol. The third-order valence-corrected chi connectivity index (χ3v) is 5.41. The molecule has 1 atom stereocenters. The van der Waals surface area contributed by atoms with Crippen LogP contribution in [0.4, 0.5) is 13.2 Å². The van der Waals surface area contributed by atoms with Crippen molar-refractivity contribution in [3.05, 3.63) is 22.4 Å². The summed E-state index contributed by atoms with van der Waals surface area (Å²) in [5.74, 6) is -2.57. The van der Waals surface area contributed by atoms with Crippen molar-refractivity contribution in [3.63, 3.8) is 0 Å². The summed E-state index contributed by atoms with van der Waals surface area (Å²) < 4.78 is 37.5. The maximum absolute atomic E-state index is 12.5. The topological polar surface area (TPSA) is 70.1 Å². The summed E-state index contributed by atoms with van der Waals surface area (Å²) in [5, 5.41) is 9.09. The number of likely N-dealkylation sites (tertiary alicyclic amines) is 1. The molecule has 2 fully saturated rings. The first kappa shape index (κ1) is 21.6. The number of amides is 1. The maximum Gasteiger partial charge on any atom is 0.490 e.